The van der Waals surface area contributed by atoms with Crippen molar-refractivity contribution in [1.82, 2.24) is 4.98 Å². The molecular weight excluding hydrogens is 338 g/mol. The number of aromatic nitrogens is 1. The molecule has 2 aromatic carbocycles. The molecule has 0 atom stereocenters. The van der Waals surface area contributed by atoms with Crippen molar-refractivity contribution < 1.29 is 9.59 Å². The predicted octanol–water partition coefficient (Wildman–Crippen LogP) is 4.46. The minimum atomic E-state index is -1.26. The van der Waals surface area contributed by atoms with Crippen LogP contribution in [0.1, 0.15) is 25.0 Å². The fraction of sp³-hybridized carbons (Fsp3) is 0.227. The molecular formula is C22H23N3O2. The van der Waals surface area contributed by atoms with Gasteiger partial charge in [0.2, 0.25) is 11.8 Å². The van der Waals surface area contributed by atoms with E-state index in [2.05, 4.69) is 15.6 Å². The monoisotopic (exact) mass is 361 g/mol. The smallest absolute Gasteiger partial charge is 0.239 e. The number of fused-ring (bicyclic) bond motifs is 1. The Morgan fingerprint density at radius 1 is 0.889 bits per heavy atom. The van der Waals surface area contributed by atoms with Crippen LogP contribution in [0, 0.1) is 19.3 Å². The Bertz CT molecular complexity index is 1020. The number of anilines is 2. The minimum Gasteiger partial charge on any atom is -0.325 e. The summed E-state index contributed by atoms with van der Waals surface area (Å²) in [7, 11) is 0. The molecule has 2 N–H and O–H groups in total. The quantitative estimate of drug-likeness (QED) is 0.674. The van der Waals surface area contributed by atoms with Crippen LogP contribution in [-0.2, 0) is 9.59 Å². The van der Waals surface area contributed by atoms with Crippen LogP contribution in [0.25, 0.3) is 10.9 Å². The standard InChI is InChI=1S/C22H23N3O2/c1-14-10-11-17(15(2)13-14)24-20(26)22(3,4)21(27)25-18-9-5-7-16-8-6-12-23-19(16)18/h5-13H,1-4H3,(H,24,26)(H,25,27). The molecule has 138 valence electrons. The highest BCUT2D eigenvalue weighted by atomic mass is 16.2. The summed E-state index contributed by atoms with van der Waals surface area (Å²) in [5.41, 5.74) is 2.81. The van der Waals surface area contributed by atoms with Crippen LogP contribution in [0.5, 0.6) is 0 Å². The van der Waals surface area contributed by atoms with E-state index in [0.717, 1.165) is 16.5 Å². The molecule has 0 aliphatic heterocycles. The summed E-state index contributed by atoms with van der Waals surface area (Å²) < 4.78 is 0. The average Bonchev–Trinajstić information content (AvgIpc) is 2.64. The second kappa shape index (κ2) is 7.19. The molecule has 27 heavy (non-hydrogen) atoms. The zero-order valence-electron chi connectivity index (χ0n) is 16.0. The van der Waals surface area contributed by atoms with Crippen LogP contribution in [0.3, 0.4) is 0 Å². The van der Waals surface area contributed by atoms with Gasteiger partial charge in [0, 0.05) is 17.3 Å². The summed E-state index contributed by atoms with van der Waals surface area (Å²) in [5.74, 6) is -0.747. The lowest BCUT2D eigenvalue weighted by Crippen LogP contribution is -2.41. The van der Waals surface area contributed by atoms with E-state index in [1.165, 1.54) is 0 Å². The SMILES string of the molecule is Cc1ccc(NC(=O)C(C)(C)C(=O)Nc2cccc3cccnc23)c(C)c1. The van der Waals surface area contributed by atoms with Gasteiger partial charge in [-0.1, -0.05) is 35.9 Å². The number of nitrogens with zero attached hydrogens (tertiary/aromatic N) is 1. The number of hydrogen-bond donors (Lipinski definition) is 2. The number of rotatable bonds is 4. The number of carbonyl (C=O) groups excluding carboxylic acids is 2. The summed E-state index contributed by atoms with van der Waals surface area (Å²) in [6, 6.07) is 15.1. The maximum Gasteiger partial charge on any atom is 0.239 e. The van der Waals surface area contributed by atoms with Crippen molar-refractivity contribution in [3.05, 3.63) is 65.9 Å². The molecule has 1 heterocycles. The third-order valence-electron chi connectivity index (χ3n) is 4.65. The molecule has 0 spiro atoms. The van der Waals surface area contributed by atoms with Gasteiger partial charge in [0.15, 0.2) is 0 Å². The van der Waals surface area contributed by atoms with E-state index in [1.54, 1.807) is 26.1 Å². The molecule has 0 bridgehead atoms. The van der Waals surface area contributed by atoms with E-state index >= 15 is 0 Å². The van der Waals surface area contributed by atoms with E-state index in [1.807, 2.05) is 56.3 Å². The van der Waals surface area contributed by atoms with E-state index in [-0.39, 0.29) is 11.8 Å². The molecule has 5 heteroatoms. The van der Waals surface area contributed by atoms with Gasteiger partial charge in [-0.25, -0.2) is 0 Å². The van der Waals surface area contributed by atoms with Crippen LogP contribution in [-0.4, -0.2) is 16.8 Å². The van der Waals surface area contributed by atoms with Crippen LogP contribution in [0.15, 0.2) is 54.7 Å². The molecule has 3 rings (SSSR count). The normalized spacial score (nSPS) is 11.3. The van der Waals surface area contributed by atoms with Gasteiger partial charge >= 0.3 is 0 Å². The van der Waals surface area contributed by atoms with Crippen molar-refractivity contribution in [3.8, 4) is 0 Å². The lowest BCUT2D eigenvalue weighted by atomic mass is 9.90. The van der Waals surface area contributed by atoms with Crippen molar-refractivity contribution in [2.45, 2.75) is 27.7 Å². The molecule has 0 radical (unpaired) electrons. The molecule has 0 aliphatic carbocycles. The van der Waals surface area contributed by atoms with Crippen molar-refractivity contribution in [1.29, 1.82) is 0 Å². The zero-order valence-corrected chi connectivity index (χ0v) is 16.0. The number of hydrogen-bond acceptors (Lipinski definition) is 3. The fourth-order valence-electron chi connectivity index (χ4n) is 2.82. The number of benzene rings is 2. The van der Waals surface area contributed by atoms with E-state index in [0.29, 0.717) is 16.9 Å². The molecule has 0 saturated carbocycles. The topological polar surface area (TPSA) is 71.1 Å². The number of para-hydroxylation sites is 1. The lowest BCUT2D eigenvalue weighted by Gasteiger charge is -2.23. The summed E-state index contributed by atoms with van der Waals surface area (Å²) in [6.45, 7) is 7.14. The zero-order chi connectivity index (χ0) is 19.6. The van der Waals surface area contributed by atoms with Gasteiger partial charge in [0.25, 0.3) is 0 Å². The van der Waals surface area contributed by atoms with E-state index in [9.17, 15) is 9.59 Å². The maximum absolute atomic E-state index is 12.8. The minimum absolute atomic E-state index is 0.361. The number of amides is 2. The van der Waals surface area contributed by atoms with E-state index in [4.69, 9.17) is 0 Å². The highest BCUT2D eigenvalue weighted by Gasteiger charge is 2.36. The number of nitrogens with one attached hydrogen (secondary N) is 2. The molecule has 2 amide bonds. The summed E-state index contributed by atoms with van der Waals surface area (Å²) >= 11 is 0. The van der Waals surface area contributed by atoms with Crippen molar-refractivity contribution in [2.75, 3.05) is 10.6 Å². The van der Waals surface area contributed by atoms with Gasteiger partial charge in [-0.05, 0) is 51.5 Å². The molecule has 3 aromatic rings. The van der Waals surface area contributed by atoms with Crippen molar-refractivity contribution >= 4 is 34.1 Å². The third-order valence-corrected chi connectivity index (χ3v) is 4.65. The van der Waals surface area contributed by atoms with Gasteiger partial charge in [-0.15, -0.1) is 0 Å². The first-order chi connectivity index (χ1) is 12.8. The van der Waals surface area contributed by atoms with Crippen LogP contribution in [0.4, 0.5) is 11.4 Å². The van der Waals surface area contributed by atoms with Gasteiger partial charge in [0.1, 0.15) is 5.41 Å². The first-order valence-corrected chi connectivity index (χ1v) is 8.83. The van der Waals surface area contributed by atoms with Crippen LogP contribution < -0.4 is 10.6 Å². The first-order valence-electron chi connectivity index (χ1n) is 8.83. The Morgan fingerprint density at radius 3 is 2.26 bits per heavy atom. The van der Waals surface area contributed by atoms with Gasteiger partial charge in [-0.2, -0.15) is 0 Å². The molecule has 0 fully saturated rings. The van der Waals surface area contributed by atoms with Gasteiger partial charge in [-0.3, -0.25) is 14.6 Å². The van der Waals surface area contributed by atoms with Gasteiger partial charge < -0.3 is 10.6 Å². The Hall–Kier alpha value is -3.21. The molecule has 1 aromatic heterocycles. The number of pyridine rings is 1. The second-order valence-corrected chi connectivity index (χ2v) is 7.23. The summed E-state index contributed by atoms with van der Waals surface area (Å²) in [6.07, 6.45) is 1.68. The largest absolute Gasteiger partial charge is 0.325 e. The predicted molar refractivity (Wildman–Crippen MR) is 109 cm³/mol. The second-order valence-electron chi connectivity index (χ2n) is 7.23. The third kappa shape index (κ3) is 3.82. The highest BCUT2D eigenvalue weighted by molar-refractivity contribution is 6.15. The Labute approximate surface area is 158 Å². The number of aryl methyl sites for hydroxylation is 2. The van der Waals surface area contributed by atoms with Crippen molar-refractivity contribution in [2.24, 2.45) is 5.41 Å². The Kier molecular flexibility index (Phi) is 4.95. The molecule has 0 aliphatic rings. The summed E-state index contributed by atoms with van der Waals surface area (Å²) in [4.78, 5) is 30.0. The lowest BCUT2D eigenvalue weighted by molar-refractivity contribution is -0.135. The Morgan fingerprint density at radius 2 is 1.56 bits per heavy atom. The molecule has 5 nitrogen and oxygen atoms in total. The van der Waals surface area contributed by atoms with Crippen LogP contribution in [0.2, 0.25) is 0 Å². The highest BCUT2D eigenvalue weighted by Crippen LogP contribution is 2.26. The summed E-state index contributed by atoms with van der Waals surface area (Å²) in [5, 5.41) is 6.64. The molecule has 0 unspecified atom stereocenters. The average molecular weight is 361 g/mol. The first kappa shape index (κ1) is 18.6. The molecule has 0 saturated heterocycles. The maximum atomic E-state index is 12.8. The fourth-order valence-corrected chi connectivity index (χ4v) is 2.82. The van der Waals surface area contributed by atoms with Crippen LogP contribution >= 0.6 is 0 Å². The van der Waals surface area contributed by atoms with E-state index < -0.39 is 5.41 Å². The van der Waals surface area contributed by atoms with Crippen molar-refractivity contribution in [3.63, 3.8) is 0 Å². The number of carbonyl (C=O) groups is 2. The van der Waals surface area contributed by atoms with Gasteiger partial charge in [0.05, 0.1) is 11.2 Å². The Balaban J connectivity index is 1.81.